The number of carbonyl (C=O) groups is 1. The van der Waals surface area contributed by atoms with Gasteiger partial charge in [0.25, 0.3) is 0 Å². The number of halogens is 1. The minimum atomic E-state index is -0.290. The lowest BCUT2D eigenvalue weighted by Crippen LogP contribution is -2.30. The maximum absolute atomic E-state index is 12.9. The van der Waals surface area contributed by atoms with Crippen molar-refractivity contribution in [2.24, 2.45) is 5.92 Å². The van der Waals surface area contributed by atoms with Crippen molar-refractivity contribution in [1.29, 1.82) is 0 Å². The van der Waals surface area contributed by atoms with Crippen LogP contribution in [0, 0.1) is 11.7 Å². The van der Waals surface area contributed by atoms with E-state index < -0.39 is 0 Å². The van der Waals surface area contributed by atoms with Crippen LogP contribution >= 0.6 is 0 Å². The SMILES string of the molecule is CC(C)CN(C)C(=O)CCc1ncc(-c2ccc(F)cc2)o1. The minimum absolute atomic E-state index is 0.0789. The van der Waals surface area contributed by atoms with Gasteiger partial charge in [-0.1, -0.05) is 13.8 Å². The number of carbonyl (C=O) groups excluding carboxylic acids is 1. The molecule has 4 nitrogen and oxygen atoms in total. The van der Waals surface area contributed by atoms with Crippen molar-refractivity contribution in [2.75, 3.05) is 13.6 Å². The van der Waals surface area contributed by atoms with Gasteiger partial charge in [-0.2, -0.15) is 0 Å². The van der Waals surface area contributed by atoms with Gasteiger partial charge in [-0.05, 0) is 30.2 Å². The predicted molar refractivity (Wildman–Crippen MR) is 82.7 cm³/mol. The lowest BCUT2D eigenvalue weighted by atomic mass is 10.2. The van der Waals surface area contributed by atoms with Crippen LogP contribution in [-0.2, 0) is 11.2 Å². The van der Waals surface area contributed by atoms with Gasteiger partial charge in [0, 0.05) is 32.0 Å². The fourth-order valence-corrected chi connectivity index (χ4v) is 2.23. The Bertz CT molecular complexity index is 620. The first-order valence-electron chi connectivity index (χ1n) is 7.40. The fraction of sp³-hybridized carbons (Fsp3) is 0.412. The average molecular weight is 304 g/mol. The highest BCUT2D eigenvalue weighted by Crippen LogP contribution is 2.21. The maximum atomic E-state index is 12.9. The van der Waals surface area contributed by atoms with E-state index in [2.05, 4.69) is 18.8 Å². The highest BCUT2D eigenvalue weighted by Gasteiger charge is 2.13. The van der Waals surface area contributed by atoms with Crippen molar-refractivity contribution in [3.63, 3.8) is 0 Å². The summed E-state index contributed by atoms with van der Waals surface area (Å²) >= 11 is 0. The molecule has 0 spiro atoms. The summed E-state index contributed by atoms with van der Waals surface area (Å²) in [5, 5.41) is 0. The fourth-order valence-electron chi connectivity index (χ4n) is 2.23. The van der Waals surface area contributed by atoms with Crippen molar-refractivity contribution < 1.29 is 13.6 Å². The summed E-state index contributed by atoms with van der Waals surface area (Å²) in [5.41, 5.74) is 0.767. The molecule has 2 aromatic rings. The van der Waals surface area contributed by atoms with Crippen molar-refractivity contribution in [3.8, 4) is 11.3 Å². The van der Waals surface area contributed by atoms with Gasteiger partial charge in [0.2, 0.25) is 5.91 Å². The van der Waals surface area contributed by atoms with E-state index in [0.717, 1.165) is 12.1 Å². The molecule has 0 aliphatic heterocycles. The van der Waals surface area contributed by atoms with E-state index in [0.29, 0.717) is 30.4 Å². The normalized spacial score (nSPS) is 11.0. The summed E-state index contributed by atoms with van der Waals surface area (Å²) in [7, 11) is 1.81. The Morgan fingerprint density at radius 1 is 1.32 bits per heavy atom. The second kappa shape index (κ2) is 7.20. The molecule has 1 heterocycles. The lowest BCUT2D eigenvalue weighted by molar-refractivity contribution is -0.130. The van der Waals surface area contributed by atoms with Gasteiger partial charge in [-0.3, -0.25) is 4.79 Å². The van der Waals surface area contributed by atoms with Gasteiger partial charge in [-0.15, -0.1) is 0 Å². The van der Waals surface area contributed by atoms with Gasteiger partial charge in [0.1, 0.15) is 5.82 Å². The average Bonchev–Trinajstić information content (AvgIpc) is 2.93. The Morgan fingerprint density at radius 3 is 2.64 bits per heavy atom. The van der Waals surface area contributed by atoms with Crippen LogP contribution in [0.4, 0.5) is 4.39 Å². The molecule has 2 rings (SSSR count). The number of nitrogens with zero attached hydrogens (tertiary/aromatic N) is 2. The van der Waals surface area contributed by atoms with Crippen LogP contribution in [0.1, 0.15) is 26.2 Å². The smallest absolute Gasteiger partial charge is 0.222 e. The number of hydrogen-bond donors (Lipinski definition) is 0. The molecule has 1 aromatic heterocycles. The molecule has 5 heteroatoms. The van der Waals surface area contributed by atoms with Gasteiger partial charge in [0.15, 0.2) is 11.7 Å². The molecular weight excluding hydrogens is 283 g/mol. The number of aromatic nitrogens is 1. The highest BCUT2D eigenvalue weighted by atomic mass is 19.1. The number of aryl methyl sites for hydroxylation is 1. The summed E-state index contributed by atoms with van der Waals surface area (Å²) in [4.78, 5) is 17.9. The molecule has 0 N–H and O–H groups in total. The molecule has 1 aromatic carbocycles. The zero-order valence-corrected chi connectivity index (χ0v) is 13.2. The third-order valence-corrected chi connectivity index (χ3v) is 3.30. The molecule has 0 saturated carbocycles. The van der Waals surface area contributed by atoms with Crippen LogP contribution in [0.25, 0.3) is 11.3 Å². The molecule has 22 heavy (non-hydrogen) atoms. The molecule has 0 unspecified atom stereocenters. The Morgan fingerprint density at radius 2 is 2.00 bits per heavy atom. The topological polar surface area (TPSA) is 46.3 Å². The van der Waals surface area contributed by atoms with Crippen LogP contribution in [-0.4, -0.2) is 29.4 Å². The van der Waals surface area contributed by atoms with Crippen molar-refractivity contribution in [1.82, 2.24) is 9.88 Å². The van der Waals surface area contributed by atoms with Crippen molar-refractivity contribution in [2.45, 2.75) is 26.7 Å². The van der Waals surface area contributed by atoms with E-state index in [1.165, 1.54) is 12.1 Å². The first-order valence-corrected chi connectivity index (χ1v) is 7.40. The lowest BCUT2D eigenvalue weighted by Gasteiger charge is -2.18. The standard InChI is InChI=1S/C17H21FN2O2/c1-12(2)11-20(3)17(21)9-8-16-19-10-15(22-16)13-4-6-14(18)7-5-13/h4-7,10,12H,8-9,11H2,1-3H3. The molecular formula is C17H21FN2O2. The Labute approximate surface area is 130 Å². The number of benzene rings is 1. The van der Waals surface area contributed by atoms with Gasteiger partial charge < -0.3 is 9.32 Å². The zero-order valence-electron chi connectivity index (χ0n) is 13.2. The van der Waals surface area contributed by atoms with Crippen LogP contribution in [0.2, 0.25) is 0 Å². The minimum Gasteiger partial charge on any atom is -0.441 e. The van der Waals surface area contributed by atoms with E-state index in [9.17, 15) is 9.18 Å². The van der Waals surface area contributed by atoms with Gasteiger partial charge in [0.05, 0.1) is 6.20 Å². The van der Waals surface area contributed by atoms with Crippen molar-refractivity contribution in [3.05, 3.63) is 42.2 Å². The molecule has 1 amide bonds. The number of hydrogen-bond acceptors (Lipinski definition) is 3. The van der Waals surface area contributed by atoms with E-state index in [1.54, 1.807) is 23.2 Å². The van der Waals surface area contributed by atoms with Crippen LogP contribution in [0.3, 0.4) is 0 Å². The second-order valence-corrected chi connectivity index (χ2v) is 5.79. The third kappa shape index (κ3) is 4.41. The summed E-state index contributed by atoms with van der Waals surface area (Å²) < 4.78 is 18.5. The molecule has 0 atom stereocenters. The molecule has 0 aliphatic carbocycles. The zero-order chi connectivity index (χ0) is 16.1. The molecule has 0 radical (unpaired) electrons. The quantitative estimate of drug-likeness (QED) is 0.820. The Balaban J connectivity index is 1.92. The third-order valence-electron chi connectivity index (χ3n) is 3.30. The molecule has 0 saturated heterocycles. The molecule has 0 aliphatic rings. The van der Waals surface area contributed by atoms with Crippen LogP contribution < -0.4 is 0 Å². The monoisotopic (exact) mass is 304 g/mol. The molecule has 0 fully saturated rings. The van der Waals surface area contributed by atoms with Crippen molar-refractivity contribution >= 4 is 5.91 Å². The molecule has 118 valence electrons. The number of oxazole rings is 1. The Kier molecular flexibility index (Phi) is 5.31. The maximum Gasteiger partial charge on any atom is 0.222 e. The van der Waals surface area contributed by atoms with Gasteiger partial charge >= 0.3 is 0 Å². The highest BCUT2D eigenvalue weighted by molar-refractivity contribution is 5.76. The predicted octanol–water partition coefficient (Wildman–Crippen LogP) is 3.53. The Hall–Kier alpha value is -2.17. The number of rotatable bonds is 6. The number of amides is 1. The van der Waals surface area contributed by atoms with E-state index >= 15 is 0 Å². The van der Waals surface area contributed by atoms with E-state index in [1.807, 2.05) is 7.05 Å². The van der Waals surface area contributed by atoms with Gasteiger partial charge in [-0.25, -0.2) is 9.37 Å². The first-order chi connectivity index (χ1) is 10.5. The summed E-state index contributed by atoms with van der Waals surface area (Å²) in [6.45, 7) is 4.89. The van der Waals surface area contributed by atoms with Crippen LogP contribution in [0.15, 0.2) is 34.9 Å². The summed E-state index contributed by atoms with van der Waals surface area (Å²) in [6, 6.07) is 6.03. The summed E-state index contributed by atoms with van der Waals surface area (Å²) in [5.74, 6) is 1.34. The summed E-state index contributed by atoms with van der Waals surface area (Å²) in [6.07, 6.45) is 2.43. The van der Waals surface area contributed by atoms with E-state index in [4.69, 9.17) is 4.42 Å². The largest absolute Gasteiger partial charge is 0.441 e. The molecule has 0 bridgehead atoms. The van der Waals surface area contributed by atoms with Crippen LogP contribution in [0.5, 0.6) is 0 Å². The first kappa shape index (κ1) is 16.2. The second-order valence-electron chi connectivity index (χ2n) is 5.79. The van der Waals surface area contributed by atoms with E-state index in [-0.39, 0.29) is 11.7 Å².